The molecule has 0 saturated carbocycles. The molecule has 1 fully saturated rings. The van der Waals surface area contributed by atoms with Gasteiger partial charge in [0.05, 0.1) is 12.0 Å². The van der Waals surface area contributed by atoms with Crippen molar-refractivity contribution in [3.8, 4) is 0 Å². The van der Waals surface area contributed by atoms with E-state index in [1.807, 2.05) is 30.0 Å². The molecule has 1 aromatic heterocycles. The van der Waals surface area contributed by atoms with Gasteiger partial charge in [0.25, 0.3) is 0 Å². The molecule has 1 aliphatic rings. The minimum absolute atomic E-state index is 0. The Bertz CT molecular complexity index is 591. The molecule has 2 heterocycles. The van der Waals surface area contributed by atoms with E-state index in [1.54, 1.807) is 6.07 Å². The first-order valence-corrected chi connectivity index (χ1v) is 6.28. The van der Waals surface area contributed by atoms with E-state index in [4.69, 9.17) is 4.74 Å². The number of rotatable bonds is 2. The van der Waals surface area contributed by atoms with Crippen LogP contribution in [0.1, 0.15) is 36.7 Å². The van der Waals surface area contributed by atoms with Crippen LogP contribution < -0.4 is 18.9 Å². The summed E-state index contributed by atoms with van der Waals surface area (Å²) in [6.07, 6.45) is 5.24. The Morgan fingerprint density at radius 2 is 2.20 bits per heavy atom. The second-order valence-electron chi connectivity index (χ2n) is 4.69. The van der Waals surface area contributed by atoms with Gasteiger partial charge >= 0.3 is 18.9 Å². The molecule has 1 unspecified atom stereocenters. The summed E-state index contributed by atoms with van der Waals surface area (Å²) >= 11 is 0. The van der Waals surface area contributed by atoms with E-state index in [0.29, 0.717) is 5.56 Å². The van der Waals surface area contributed by atoms with Crippen molar-refractivity contribution in [2.24, 2.45) is 0 Å². The van der Waals surface area contributed by atoms with Crippen LogP contribution in [0.25, 0.3) is 10.9 Å². The van der Waals surface area contributed by atoms with Crippen molar-refractivity contribution in [3.63, 3.8) is 0 Å². The molecule has 0 bridgehead atoms. The Kier molecular flexibility index (Phi) is 5.97. The zero-order chi connectivity index (χ0) is 12.5. The summed E-state index contributed by atoms with van der Waals surface area (Å²) in [5.74, 6) is 0. The maximum absolute atomic E-state index is 10.7. The monoisotopic (exact) mass is 267 g/mol. The molecule has 0 amide bonds. The van der Waals surface area contributed by atoms with Gasteiger partial charge in [0.15, 0.2) is 6.23 Å². The SMILES string of the molecule is Cc1nn(C2CCCCO2)c2ccc([C-]=O)cc12.[Li+].[OH-]. The number of ether oxygens (including phenoxy) is 1. The molecule has 102 valence electrons. The average molecular weight is 267 g/mol. The van der Waals surface area contributed by atoms with Crippen molar-refractivity contribution in [3.05, 3.63) is 29.5 Å². The normalized spacial score (nSPS) is 18.1. The van der Waals surface area contributed by atoms with Crippen LogP contribution in [0, 0.1) is 6.92 Å². The zero-order valence-electron chi connectivity index (χ0n) is 11.8. The Labute approximate surface area is 129 Å². The van der Waals surface area contributed by atoms with Crippen LogP contribution in [0.4, 0.5) is 0 Å². The second-order valence-corrected chi connectivity index (χ2v) is 4.69. The van der Waals surface area contributed by atoms with Gasteiger partial charge in [0.2, 0.25) is 0 Å². The van der Waals surface area contributed by atoms with E-state index in [1.165, 1.54) is 6.42 Å². The molecule has 1 aliphatic heterocycles. The second kappa shape index (κ2) is 7.05. The molecule has 1 atom stereocenters. The summed E-state index contributed by atoms with van der Waals surface area (Å²) < 4.78 is 7.71. The van der Waals surface area contributed by atoms with E-state index in [-0.39, 0.29) is 30.6 Å². The first-order chi connectivity index (χ1) is 8.79. The molecule has 1 saturated heterocycles. The van der Waals surface area contributed by atoms with Crippen molar-refractivity contribution >= 4 is 17.2 Å². The first kappa shape index (κ1) is 16.9. The van der Waals surface area contributed by atoms with Gasteiger partial charge in [-0.3, -0.25) is 0 Å². The summed E-state index contributed by atoms with van der Waals surface area (Å²) in [5.41, 5.74) is 2.52. The number of carbonyl (C=O) groups excluding carboxylic acids is 1. The van der Waals surface area contributed by atoms with Crippen molar-refractivity contribution in [1.82, 2.24) is 9.78 Å². The molecule has 0 aliphatic carbocycles. The topological polar surface area (TPSA) is 74.1 Å². The van der Waals surface area contributed by atoms with Crippen LogP contribution in [0.3, 0.4) is 0 Å². The van der Waals surface area contributed by atoms with E-state index >= 15 is 0 Å². The van der Waals surface area contributed by atoms with Crippen molar-refractivity contribution < 1.29 is 33.9 Å². The number of aryl methyl sites for hydroxylation is 1. The Morgan fingerprint density at radius 3 is 2.85 bits per heavy atom. The molecule has 0 radical (unpaired) electrons. The van der Waals surface area contributed by atoms with Crippen LogP contribution in [-0.4, -0.2) is 28.1 Å². The van der Waals surface area contributed by atoms with Gasteiger partial charge in [-0.15, -0.1) is 6.07 Å². The summed E-state index contributed by atoms with van der Waals surface area (Å²) in [4.78, 5) is 10.7. The molecule has 5 nitrogen and oxygen atoms in total. The number of aromatic nitrogens is 2. The van der Waals surface area contributed by atoms with Crippen molar-refractivity contribution in [2.45, 2.75) is 32.4 Å². The van der Waals surface area contributed by atoms with Gasteiger partial charge in [-0.1, -0.05) is 6.07 Å². The van der Waals surface area contributed by atoms with Crippen LogP contribution in [0.15, 0.2) is 18.2 Å². The first-order valence-electron chi connectivity index (χ1n) is 6.28. The van der Waals surface area contributed by atoms with E-state index in [0.717, 1.165) is 36.0 Å². The molecule has 20 heavy (non-hydrogen) atoms. The smallest absolute Gasteiger partial charge is 0.870 e. The van der Waals surface area contributed by atoms with Crippen LogP contribution >= 0.6 is 0 Å². The molecular formula is C14H16LiN2O3-. The summed E-state index contributed by atoms with van der Waals surface area (Å²) in [6.45, 7) is 2.75. The fourth-order valence-electron chi connectivity index (χ4n) is 2.49. The molecular weight excluding hydrogens is 251 g/mol. The third kappa shape index (κ3) is 2.97. The Balaban J connectivity index is 0.000001000. The van der Waals surface area contributed by atoms with Gasteiger partial charge in [-0.05, 0) is 31.6 Å². The van der Waals surface area contributed by atoms with Gasteiger partial charge in [-0.2, -0.15) is 16.7 Å². The predicted molar refractivity (Wildman–Crippen MR) is 70.0 cm³/mol. The van der Waals surface area contributed by atoms with Crippen LogP contribution in [0.2, 0.25) is 0 Å². The van der Waals surface area contributed by atoms with Gasteiger partial charge in [0.1, 0.15) is 0 Å². The number of nitrogens with zero attached hydrogens (tertiary/aromatic N) is 2. The minimum atomic E-state index is 0. The van der Waals surface area contributed by atoms with E-state index in [9.17, 15) is 4.79 Å². The molecule has 1 N–H and O–H groups in total. The molecule has 1 aromatic carbocycles. The minimum Gasteiger partial charge on any atom is -0.870 e. The van der Waals surface area contributed by atoms with Gasteiger partial charge < -0.3 is 15.0 Å². The average Bonchev–Trinajstić information content (AvgIpc) is 2.77. The predicted octanol–water partition coefficient (Wildman–Crippen LogP) is -0.671. The third-order valence-corrected chi connectivity index (χ3v) is 3.44. The van der Waals surface area contributed by atoms with Gasteiger partial charge in [-0.25, -0.2) is 4.68 Å². The summed E-state index contributed by atoms with van der Waals surface area (Å²) in [6, 6.07) is 5.54. The number of hydrogen-bond acceptors (Lipinski definition) is 4. The molecule has 2 aromatic rings. The third-order valence-electron chi connectivity index (χ3n) is 3.44. The molecule has 3 rings (SSSR count). The summed E-state index contributed by atoms with van der Waals surface area (Å²) in [5, 5.41) is 5.56. The van der Waals surface area contributed by atoms with Crippen molar-refractivity contribution in [1.29, 1.82) is 0 Å². The maximum atomic E-state index is 10.7. The standard InChI is InChI=1S/C14H15N2O2.Li.H2O/c1-10-12-8-11(9-17)5-6-13(12)16(15-10)14-4-2-3-7-18-14;;/h5-6,8,14H,2-4,7H2,1H3;;1H2/q-1;+1;/p-1. The van der Waals surface area contributed by atoms with Gasteiger partial charge in [0, 0.05) is 12.1 Å². The van der Waals surface area contributed by atoms with Crippen molar-refractivity contribution in [2.75, 3.05) is 6.61 Å². The van der Waals surface area contributed by atoms with E-state index in [2.05, 4.69) is 5.10 Å². The quantitative estimate of drug-likeness (QED) is 0.534. The fourth-order valence-corrected chi connectivity index (χ4v) is 2.49. The Hall–Kier alpha value is -1.12. The number of hydrogen-bond donors (Lipinski definition) is 0. The summed E-state index contributed by atoms with van der Waals surface area (Å²) in [7, 11) is 0. The zero-order valence-corrected chi connectivity index (χ0v) is 11.8. The molecule has 6 heteroatoms. The largest absolute Gasteiger partial charge is 1.00 e. The maximum Gasteiger partial charge on any atom is 1.00 e. The molecule has 0 spiro atoms. The fraction of sp³-hybridized carbons (Fsp3) is 0.429. The van der Waals surface area contributed by atoms with Crippen LogP contribution in [-0.2, 0) is 9.53 Å². The van der Waals surface area contributed by atoms with E-state index < -0.39 is 0 Å². The number of fused-ring (bicyclic) bond motifs is 1. The number of benzene rings is 1. The van der Waals surface area contributed by atoms with Crippen LogP contribution in [0.5, 0.6) is 0 Å². The Morgan fingerprint density at radius 1 is 1.40 bits per heavy atom.